The minimum Gasteiger partial charge on any atom is -0.395 e. The summed E-state index contributed by atoms with van der Waals surface area (Å²) in [5, 5.41) is 4.15. The molecule has 2 nitrogen and oxygen atoms in total. The van der Waals surface area contributed by atoms with Crippen LogP contribution in [0.3, 0.4) is 0 Å². The summed E-state index contributed by atoms with van der Waals surface area (Å²) >= 11 is 1.79. The summed E-state index contributed by atoms with van der Waals surface area (Å²) in [6, 6.07) is 6.50. The van der Waals surface area contributed by atoms with Crippen molar-refractivity contribution in [2.45, 2.75) is 11.3 Å². The van der Waals surface area contributed by atoms with Crippen molar-refractivity contribution in [3.63, 3.8) is 0 Å². The van der Waals surface area contributed by atoms with Crippen molar-refractivity contribution < 1.29 is 4.84 Å². The number of thioether (sulfide) groups is 1. The fourth-order valence-electron chi connectivity index (χ4n) is 2.23. The molecular formula is C11H11NOS. The molecule has 1 heterocycles. The first-order valence-electron chi connectivity index (χ1n) is 4.76. The Bertz CT molecular complexity index is 414. The van der Waals surface area contributed by atoms with Crippen molar-refractivity contribution in [1.82, 2.24) is 0 Å². The van der Waals surface area contributed by atoms with Crippen LogP contribution in [0.1, 0.15) is 11.1 Å². The van der Waals surface area contributed by atoms with Gasteiger partial charge in [0.05, 0.1) is 5.71 Å². The molecule has 1 aromatic rings. The third kappa shape index (κ3) is 1.02. The minimum atomic E-state index is 0.512. The predicted molar refractivity (Wildman–Crippen MR) is 57.9 cm³/mol. The summed E-state index contributed by atoms with van der Waals surface area (Å²) in [7, 11) is 0. The van der Waals surface area contributed by atoms with Gasteiger partial charge in [-0.2, -0.15) is 0 Å². The van der Waals surface area contributed by atoms with E-state index in [0.29, 0.717) is 5.92 Å². The summed E-state index contributed by atoms with van der Waals surface area (Å²) in [4.78, 5) is 6.47. The fraction of sp³-hybridized carbons (Fsp3) is 0.364. The standard InChI is InChI=1S/C11H11NOS/c1-14-9-4-2-3-7-5-8-6-13-12-11(8)10(7)9/h2-4,8H,5-6H2,1H3. The van der Waals surface area contributed by atoms with E-state index in [1.807, 2.05) is 0 Å². The molecule has 2 aliphatic rings. The Labute approximate surface area is 87.3 Å². The molecule has 0 aromatic heterocycles. The van der Waals surface area contributed by atoms with Gasteiger partial charge in [0.2, 0.25) is 0 Å². The quantitative estimate of drug-likeness (QED) is 0.656. The summed E-state index contributed by atoms with van der Waals surface area (Å²) in [6.45, 7) is 0.762. The lowest BCUT2D eigenvalue weighted by atomic mass is 10.1. The zero-order chi connectivity index (χ0) is 9.54. The Morgan fingerprint density at radius 3 is 3.29 bits per heavy atom. The number of benzene rings is 1. The monoisotopic (exact) mass is 205 g/mol. The van der Waals surface area contributed by atoms with Gasteiger partial charge in [0.1, 0.15) is 6.61 Å². The predicted octanol–water partition coefficient (Wildman–Crippen LogP) is 2.32. The van der Waals surface area contributed by atoms with Crippen LogP contribution in [0.2, 0.25) is 0 Å². The van der Waals surface area contributed by atoms with Crippen molar-refractivity contribution >= 4 is 17.5 Å². The SMILES string of the molecule is CSc1cccc2c1C1=NOCC1C2. The molecule has 0 spiro atoms. The molecule has 0 saturated heterocycles. The highest BCUT2D eigenvalue weighted by Gasteiger charge is 2.34. The number of nitrogens with zero attached hydrogens (tertiary/aromatic N) is 1. The Hall–Kier alpha value is -0.960. The molecule has 1 aromatic carbocycles. The first-order chi connectivity index (χ1) is 6.90. The highest BCUT2D eigenvalue weighted by Crippen LogP contribution is 2.36. The number of hydrogen-bond donors (Lipinski definition) is 0. The molecule has 1 unspecified atom stereocenters. The van der Waals surface area contributed by atoms with Gasteiger partial charge >= 0.3 is 0 Å². The minimum absolute atomic E-state index is 0.512. The van der Waals surface area contributed by atoms with E-state index < -0.39 is 0 Å². The van der Waals surface area contributed by atoms with Crippen LogP contribution in [0.4, 0.5) is 0 Å². The van der Waals surface area contributed by atoms with Crippen molar-refractivity contribution in [3.05, 3.63) is 29.3 Å². The van der Waals surface area contributed by atoms with Crippen LogP contribution >= 0.6 is 11.8 Å². The van der Waals surface area contributed by atoms with E-state index in [-0.39, 0.29) is 0 Å². The molecule has 1 aliphatic carbocycles. The van der Waals surface area contributed by atoms with Crippen molar-refractivity contribution in [2.75, 3.05) is 12.9 Å². The first-order valence-corrected chi connectivity index (χ1v) is 5.98. The molecule has 14 heavy (non-hydrogen) atoms. The molecule has 1 aliphatic heterocycles. The average Bonchev–Trinajstić information content (AvgIpc) is 2.75. The van der Waals surface area contributed by atoms with Crippen LogP contribution in [-0.4, -0.2) is 18.6 Å². The van der Waals surface area contributed by atoms with Crippen LogP contribution < -0.4 is 0 Å². The highest BCUT2D eigenvalue weighted by molar-refractivity contribution is 7.98. The molecule has 3 heteroatoms. The normalized spacial score (nSPS) is 22.6. The lowest BCUT2D eigenvalue weighted by Gasteiger charge is -2.04. The smallest absolute Gasteiger partial charge is 0.126 e. The Morgan fingerprint density at radius 1 is 1.50 bits per heavy atom. The third-order valence-electron chi connectivity index (χ3n) is 2.88. The van der Waals surface area contributed by atoms with Crippen molar-refractivity contribution in [2.24, 2.45) is 11.1 Å². The molecule has 0 N–H and O–H groups in total. The summed E-state index contributed by atoms with van der Waals surface area (Å²) in [6.07, 6.45) is 3.21. The van der Waals surface area contributed by atoms with Gasteiger partial charge in [0.25, 0.3) is 0 Å². The van der Waals surface area contributed by atoms with Gasteiger partial charge in [-0.25, -0.2) is 0 Å². The summed E-state index contributed by atoms with van der Waals surface area (Å²) < 4.78 is 0. The first kappa shape index (κ1) is 8.36. The van der Waals surface area contributed by atoms with Gasteiger partial charge in [-0.1, -0.05) is 17.3 Å². The number of fused-ring (bicyclic) bond motifs is 3. The summed E-state index contributed by atoms with van der Waals surface area (Å²) in [5.74, 6) is 0.512. The number of hydrogen-bond acceptors (Lipinski definition) is 3. The average molecular weight is 205 g/mol. The molecule has 72 valence electrons. The molecule has 0 amide bonds. The Morgan fingerprint density at radius 2 is 2.43 bits per heavy atom. The van der Waals surface area contributed by atoms with E-state index >= 15 is 0 Å². The van der Waals surface area contributed by atoms with Gasteiger partial charge in [0, 0.05) is 16.4 Å². The number of oxime groups is 1. The fourth-order valence-corrected chi connectivity index (χ4v) is 2.88. The van der Waals surface area contributed by atoms with E-state index in [0.717, 1.165) is 13.0 Å². The second kappa shape index (κ2) is 3.02. The lowest BCUT2D eigenvalue weighted by molar-refractivity contribution is 0.154. The van der Waals surface area contributed by atoms with Crippen LogP contribution in [0, 0.1) is 5.92 Å². The van der Waals surface area contributed by atoms with E-state index in [1.54, 1.807) is 11.8 Å². The maximum Gasteiger partial charge on any atom is 0.126 e. The van der Waals surface area contributed by atoms with Crippen molar-refractivity contribution in [1.29, 1.82) is 0 Å². The zero-order valence-electron chi connectivity index (χ0n) is 7.99. The van der Waals surface area contributed by atoms with Gasteiger partial charge in [-0.05, 0) is 24.3 Å². The number of rotatable bonds is 1. The lowest BCUT2D eigenvalue weighted by Crippen LogP contribution is -2.08. The van der Waals surface area contributed by atoms with Gasteiger partial charge < -0.3 is 4.84 Å². The molecule has 3 rings (SSSR count). The van der Waals surface area contributed by atoms with Crippen LogP contribution in [-0.2, 0) is 11.3 Å². The second-order valence-electron chi connectivity index (χ2n) is 3.67. The molecule has 0 fully saturated rings. The van der Waals surface area contributed by atoms with E-state index in [2.05, 4.69) is 29.6 Å². The maximum absolute atomic E-state index is 5.15. The third-order valence-corrected chi connectivity index (χ3v) is 3.66. The Kier molecular flexibility index (Phi) is 1.80. The Balaban J connectivity index is 2.20. The van der Waals surface area contributed by atoms with Gasteiger partial charge in [0.15, 0.2) is 0 Å². The van der Waals surface area contributed by atoms with Crippen molar-refractivity contribution in [3.8, 4) is 0 Å². The van der Waals surface area contributed by atoms with E-state index in [9.17, 15) is 0 Å². The van der Waals surface area contributed by atoms with Crippen LogP contribution in [0.15, 0.2) is 28.3 Å². The van der Waals surface area contributed by atoms with E-state index in [4.69, 9.17) is 4.84 Å². The van der Waals surface area contributed by atoms with Gasteiger partial charge in [-0.3, -0.25) is 0 Å². The largest absolute Gasteiger partial charge is 0.395 e. The summed E-state index contributed by atoms with van der Waals surface area (Å²) in [5.41, 5.74) is 3.94. The highest BCUT2D eigenvalue weighted by atomic mass is 32.2. The molecule has 0 radical (unpaired) electrons. The zero-order valence-corrected chi connectivity index (χ0v) is 8.80. The topological polar surface area (TPSA) is 21.6 Å². The molecule has 0 bridgehead atoms. The van der Waals surface area contributed by atoms with Crippen LogP contribution in [0.5, 0.6) is 0 Å². The molecule has 1 atom stereocenters. The van der Waals surface area contributed by atoms with Gasteiger partial charge in [-0.15, -0.1) is 11.8 Å². The second-order valence-corrected chi connectivity index (χ2v) is 4.52. The maximum atomic E-state index is 5.15. The molecular weight excluding hydrogens is 194 g/mol. The van der Waals surface area contributed by atoms with Crippen LogP contribution in [0.25, 0.3) is 0 Å². The molecule has 0 saturated carbocycles. The van der Waals surface area contributed by atoms with E-state index in [1.165, 1.54) is 21.7 Å².